The van der Waals surface area contributed by atoms with Crippen molar-refractivity contribution in [2.45, 2.75) is 90.9 Å². The van der Waals surface area contributed by atoms with E-state index in [1.54, 1.807) is 0 Å². The number of rotatable bonds is 9. The Morgan fingerprint density at radius 2 is 2.21 bits per heavy atom. The molecule has 2 heterocycles. The molecule has 3 nitrogen and oxygen atoms in total. The van der Waals surface area contributed by atoms with Crippen molar-refractivity contribution in [3.05, 3.63) is 36.2 Å². The van der Waals surface area contributed by atoms with Gasteiger partial charge >= 0.3 is 0 Å². The third-order valence-corrected chi connectivity index (χ3v) is 7.43. The molecule has 3 heteroatoms. The highest BCUT2D eigenvalue weighted by atomic mass is 16.1. The maximum absolute atomic E-state index is 11.7. The zero-order valence-corrected chi connectivity index (χ0v) is 18.6. The van der Waals surface area contributed by atoms with E-state index < -0.39 is 0 Å². The van der Waals surface area contributed by atoms with Crippen LogP contribution >= 0.6 is 0 Å². The molecule has 2 aliphatic rings. The van der Waals surface area contributed by atoms with Crippen molar-refractivity contribution in [1.29, 1.82) is 0 Å². The third kappa shape index (κ3) is 6.42. The second-order valence-corrected chi connectivity index (χ2v) is 9.62. The fraction of sp³-hybridized carbons (Fsp3) is 0.692. The van der Waals surface area contributed by atoms with Crippen molar-refractivity contribution < 1.29 is 4.79 Å². The van der Waals surface area contributed by atoms with Crippen LogP contribution in [-0.4, -0.2) is 17.4 Å². The van der Waals surface area contributed by atoms with Crippen LogP contribution in [0.4, 0.5) is 0 Å². The van der Waals surface area contributed by atoms with Gasteiger partial charge in [0.2, 0.25) is 5.91 Å². The fourth-order valence-electron chi connectivity index (χ4n) is 5.35. The summed E-state index contributed by atoms with van der Waals surface area (Å²) in [5.74, 6) is 1.76. The van der Waals surface area contributed by atoms with Crippen LogP contribution in [-0.2, 0) is 4.79 Å². The number of pyridine rings is 1. The van der Waals surface area contributed by atoms with Gasteiger partial charge in [-0.2, -0.15) is 0 Å². The average Bonchev–Trinajstić information content (AvgIpc) is 3.11. The van der Waals surface area contributed by atoms with Crippen molar-refractivity contribution in [1.82, 2.24) is 10.3 Å². The number of hydrogen-bond acceptors (Lipinski definition) is 2. The first-order valence-electron chi connectivity index (χ1n) is 12.0. The zero-order valence-electron chi connectivity index (χ0n) is 18.6. The second kappa shape index (κ2) is 10.9. The van der Waals surface area contributed by atoms with Crippen LogP contribution < -0.4 is 5.32 Å². The van der Waals surface area contributed by atoms with Gasteiger partial charge in [0, 0.05) is 25.4 Å². The molecule has 0 aromatic carbocycles. The predicted octanol–water partition coefficient (Wildman–Crippen LogP) is 6.55. The average molecular weight is 397 g/mol. The van der Waals surface area contributed by atoms with Crippen molar-refractivity contribution >= 4 is 11.5 Å². The van der Waals surface area contributed by atoms with Gasteiger partial charge in [-0.15, -0.1) is 0 Å². The predicted molar refractivity (Wildman–Crippen MR) is 121 cm³/mol. The molecular formula is C26H40N2O. The molecule has 0 saturated carbocycles. The molecule has 0 spiro atoms. The van der Waals surface area contributed by atoms with E-state index in [1.807, 2.05) is 12.4 Å². The van der Waals surface area contributed by atoms with Crippen LogP contribution in [0.5, 0.6) is 0 Å². The van der Waals surface area contributed by atoms with Crippen molar-refractivity contribution in [3.8, 4) is 0 Å². The molecule has 160 valence electrons. The molecule has 1 saturated heterocycles. The Hall–Kier alpha value is -1.64. The number of aromatic nitrogens is 1. The maximum Gasteiger partial charge on any atom is 0.220 e. The molecule has 1 aromatic heterocycles. The van der Waals surface area contributed by atoms with E-state index in [2.05, 4.69) is 42.4 Å². The monoisotopic (exact) mass is 396 g/mol. The summed E-state index contributed by atoms with van der Waals surface area (Å²) in [5.41, 5.74) is 3.14. The highest BCUT2D eigenvalue weighted by molar-refractivity contribution is 5.75. The molecule has 1 fully saturated rings. The number of amides is 1. The van der Waals surface area contributed by atoms with Gasteiger partial charge in [0.15, 0.2) is 0 Å². The Morgan fingerprint density at radius 1 is 1.31 bits per heavy atom. The largest absolute Gasteiger partial charge is 0.356 e. The van der Waals surface area contributed by atoms with Crippen LogP contribution in [0.25, 0.3) is 5.57 Å². The molecule has 1 aliphatic carbocycles. The highest BCUT2D eigenvalue weighted by Gasteiger charge is 2.33. The summed E-state index contributed by atoms with van der Waals surface area (Å²) in [6, 6.07) is 4.27. The minimum absolute atomic E-state index is 0.253. The summed E-state index contributed by atoms with van der Waals surface area (Å²) in [7, 11) is 0. The van der Waals surface area contributed by atoms with E-state index in [9.17, 15) is 4.79 Å². The van der Waals surface area contributed by atoms with Crippen molar-refractivity contribution in [2.24, 2.45) is 17.3 Å². The van der Waals surface area contributed by atoms with Crippen molar-refractivity contribution in [2.75, 3.05) is 6.54 Å². The Balaban J connectivity index is 1.45. The topological polar surface area (TPSA) is 42.0 Å². The molecule has 1 aromatic rings. The van der Waals surface area contributed by atoms with Gasteiger partial charge < -0.3 is 5.32 Å². The van der Waals surface area contributed by atoms with Gasteiger partial charge in [-0.05, 0) is 79.4 Å². The fourth-order valence-corrected chi connectivity index (χ4v) is 5.35. The van der Waals surface area contributed by atoms with Gasteiger partial charge in [0.1, 0.15) is 0 Å². The third-order valence-electron chi connectivity index (χ3n) is 7.43. The molecule has 3 rings (SSSR count). The standard InChI is InChI=1S/C26H40N2O/c1-3-21(10-6-11-22-9-4-5-14-25(29)28-19-22)15-17-26(2)16-7-13-24(26)23-12-8-18-27-20-23/h8,12-13,18,20-22H,3-7,9-11,14-17,19H2,1-2H3,(H,28,29). The molecule has 0 bridgehead atoms. The van der Waals surface area contributed by atoms with Gasteiger partial charge in [0.05, 0.1) is 0 Å². The van der Waals surface area contributed by atoms with Gasteiger partial charge in [-0.25, -0.2) is 0 Å². The number of carbonyl (C=O) groups is 1. The maximum atomic E-state index is 11.7. The van der Waals surface area contributed by atoms with Crippen LogP contribution in [0.15, 0.2) is 30.6 Å². The molecule has 3 atom stereocenters. The minimum atomic E-state index is 0.253. The van der Waals surface area contributed by atoms with Crippen LogP contribution in [0.1, 0.15) is 96.5 Å². The van der Waals surface area contributed by atoms with E-state index in [1.165, 1.54) is 75.3 Å². The lowest BCUT2D eigenvalue weighted by Crippen LogP contribution is -2.30. The first-order chi connectivity index (χ1) is 14.1. The summed E-state index contributed by atoms with van der Waals surface area (Å²) >= 11 is 0. The summed E-state index contributed by atoms with van der Waals surface area (Å²) in [4.78, 5) is 16.0. The summed E-state index contributed by atoms with van der Waals surface area (Å²) in [5, 5.41) is 3.12. The SMILES string of the molecule is CCC(CCCC1CCCCC(=O)NC1)CCC1(C)CCC=C1c1cccnc1. The molecule has 1 aliphatic heterocycles. The molecule has 1 amide bonds. The van der Waals surface area contributed by atoms with Gasteiger partial charge in [-0.3, -0.25) is 9.78 Å². The van der Waals surface area contributed by atoms with Crippen molar-refractivity contribution in [3.63, 3.8) is 0 Å². The number of nitrogens with zero attached hydrogens (tertiary/aromatic N) is 1. The number of carbonyl (C=O) groups excluding carboxylic acids is 1. The molecule has 0 radical (unpaired) electrons. The highest BCUT2D eigenvalue weighted by Crippen LogP contribution is 2.48. The summed E-state index contributed by atoms with van der Waals surface area (Å²) in [6.45, 7) is 5.71. The molecule has 29 heavy (non-hydrogen) atoms. The minimum Gasteiger partial charge on any atom is -0.356 e. The number of nitrogens with one attached hydrogen (secondary N) is 1. The Labute approximate surface area is 177 Å². The van der Waals surface area contributed by atoms with Crippen LogP contribution in [0, 0.1) is 17.3 Å². The van der Waals surface area contributed by atoms with Gasteiger partial charge in [-0.1, -0.05) is 51.7 Å². The van der Waals surface area contributed by atoms with E-state index in [0.29, 0.717) is 11.3 Å². The summed E-state index contributed by atoms with van der Waals surface area (Å²) in [6.07, 6.45) is 20.9. The van der Waals surface area contributed by atoms with E-state index in [-0.39, 0.29) is 5.91 Å². The van der Waals surface area contributed by atoms with E-state index in [4.69, 9.17) is 0 Å². The van der Waals surface area contributed by atoms with Gasteiger partial charge in [0.25, 0.3) is 0 Å². The van der Waals surface area contributed by atoms with Crippen LogP contribution in [0.3, 0.4) is 0 Å². The zero-order chi connectivity index (χ0) is 20.5. The Kier molecular flexibility index (Phi) is 8.32. The lowest BCUT2D eigenvalue weighted by atomic mass is 9.74. The quantitative estimate of drug-likeness (QED) is 0.514. The molecule has 3 unspecified atom stereocenters. The van der Waals surface area contributed by atoms with E-state index >= 15 is 0 Å². The second-order valence-electron chi connectivity index (χ2n) is 9.62. The number of hydrogen-bond donors (Lipinski definition) is 1. The first-order valence-corrected chi connectivity index (χ1v) is 12.0. The van der Waals surface area contributed by atoms with E-state index in [0.717, 1.165) is 25.3 Å². The lowest BCUT2D eigenvalue weighted by molar-refractivity contribution is -0.121. The Bertz CT molecular complexity index is 669. The first kappa shape index (κ1) is 22.1. The molecule has 1 N–H and O–H groups in total. The summed E-state index contributed by atoms with van der Waals surface area (Å²) < 4.78 is 0. The Morgan fingerprint density at radius 3 is 3.00 bits per heavy atom. The van der Waals surface area contributed by atoms with Crippen LogP contribution in [0.2, 0.25) is 0 Å². The normalized spacial score (nSPS) is 26.3. The smallest absolute Gasteiger partial charge is 0.220 e. The number of allylic oxidation sites excluding steroid dienone is 2. The lowest BCUT2D eigenvalue weighted by Gasteiger charge is -2.30. The molecular weight excluding hydrogens is 356 g/mol.